The van der Waals surface area contributed by atoms with Crippen molar-refractivity contribution in [1.29, 1.82) is 0 Å². The second-order valence-electron chi connectivity index (χ2n) is 6.89. The number of hydrogen-bond donors (Lipinski definition) is 7. The van der Waals surface area contributed by atoms with Crippen molar-refractivity contribution >= 4 is 29.7 Å². The molecule has 30 heavy (non-hydrogen) atoms. The summed E-state index contributed by atoms with van der Waals surface area (Å²) in [6.45, 7) is 2.72. The lowest BCUT2D eigenvalue weighted by molar-refractivity contribution is -0.143. The monoisotopic (exact) mass is 426 g/mol. The summed E-state index contributed by atoms with van der Waals surface area (Å²) in [6.07, 6.45) is 2.14. The molecule has 0 aliphatic rings. The third kappa shape index (κ3) is 8.26. The predicted molar refractivity (Wildman–Crippen MR) is 102 cm³/mol. The summed E-state index contributed by atoms with van der Waals surface area (Å²) in [5.41, 5.74) is 6.01. The lowest BCUT2D eigenvalue weighted by atomic mass is 10.0. The van der Waals surface area contributed by atoms with Crippen LogP contribution in [0.4, 0.5) is 0 Å². The second kappa shape index (κ2) is 11.5. The predicted octanol–water partition coefficient (Wildman–Crippen LogP) is -2.42. The van der Waals surface area contributed by atoms with Gasteiger partial charge in [-0.25, -0.2) is 9.78 Å². The van der Waals surface area contributed by atoms with E-state index in [4.69, 9.17) is 15.9 Å². The highest BCUT2D eigenvalue weighted by molar-refractivity contribution is 5.93. The molecule has 0 saturated heterocycles. The summed E-state index contributed by atoms with van der Waals surface area (Å²) >= 11 is 0. The van der Waals surface area contributed by atoms with Gasteiger partial charge in [0.15, 0.2) is 0 Å². The summed E-state index contributed by atoms with van der Waals surface area (Å²) in [5.74, 6) is -5.17. The zero-order valence-corrected chi connectivity index (χ0v) is 16.5. The number of aliphatic carboxylic acids is 2. The van der Waals surface area contributed by atoms with Crippen molar-refractivity contribution in [3.05, 3.63) is 18.2 Å². The van der Waals surface area contributed by atoms with Crippen LogP contribution in [0.5, 0.6) is 0 Å². The molecule has 0 aliphatic heterocycles. The topological polar surface area (TPSA) is 217 Å². The second-order valence-corrected chi connectivity index (χ2v) is 6.89. The Labute approximate surface area is 171 Å². The molecule has 13 nitrogen and oxygen atoms in total. The minimum atomic E-state index is -1.37. The largest absolute Gasteiger partial charge is 0.481 e. The molecule has 0 aromatic carbocycles. The lowest BCUT2D eigenvalue weighted by Gasteiger charge is -2.21. The van der Waals surface area contributed by atoms with Crippen molar-refractivity contribution in [2.24, 2.45) is 11.7 Å². The van der Waals surface area contributed by atoms with E-state index in [9.17, 15) is 24.0 Å². The number of aromatic nitrogens is 2. The van der Waals surface area contributed by atoms with Crippen LogP contribution >= 0.6 is 0 Å². The number of amides is 3. The number of carbonyl (C=O) groups excluding carboxylic acids is 3. The molecule has 13 heteroatoms. The molecule has 1 aromatic heterocycles. The maximum Gasteiger partial charge on any atom is 0.326 e. The summed E-state index contributed by atoms with van der Waals surface area (Å²) in [7, 11) is 0. The van der Waals surface area contributed by atoms with Gasteiger partial charge in [0.2, 0.25) is 17.7 Å². The lowest BCUT2D eigenvalue weighted by Crippen LogP contribution is -2.54. The zero-order valence-electron chi connectivity index (χ0n) is 16.5. The molecule has 0 radical (unpaired) electrons. The number of imidazole rings is 1. The highest BCUT2D eigenvalue weighted by atomic mass is 16.4. The fourth-order valence-corrected chi connectivity index (χ4v) is 2.41. The first-order valence-corrected chi connectivity index (χ1v) is 9.06. The Balaban J connectivity index is 2.75. The third-order valence-electron chi connectivity index (χ3n) is 4.02. The van der Waals surface area contributed by atoms with Crippen LogP contribution in [0.2, 0.25) is 0 Å². The number of carboxylic acid groups (broad SMARTS) is 2. The van der Waals surface area contributed by atoms with Gasteiger partial charge in [-0.3, -0.25) is 19.2 Å². The van der Waals surface area contributed by atoms with E-state index in [0.717, 1.165) is 0 Å². The van der Waals surface area contributed by atoms with Crippen molar-refractivity contribution in [1.82, 2.24) is 25.9 Å². The minimum Gasteiger partial charge on any atom is -0.481 e. The van der Waals surface area contributed by atoms with E-state index < -0.39 is 60.8 Å². The molecular formula is C17H26N6O7. The number of nitrogens with zero attached hydrogens (tertiary/aromatic N) is 1. The SMILES string of the molecule is CC(C)C(NC(=O)CNC(=O)C(Cc1cnc[nH]1)NC(=O)C(N)CC(=O)O)C(=O)O. The molecule has 0 aliphatic carbocycles. The summed E-state index contributed by atoms with van der Waals surface area (Å²) in [6, 6.07) is -3.67. The van der Waals surface area contributed by atoms with E-state index in [2.05, 4.69) is 25.9 Å². The van der Waals surface area contributed by atoms with Crippen LogP contribution in [0, 0.1) is 5.92 Å². The Kier molecular flexibility index (Phi) is 9.42. The van der Waals surface area contributed by atoms with E-state index >= 15 is 0 Å². The number of aromatic amines is 1. The molecule has 3 atom stereocenters. The van der Waals surface area contributed by atoms with E-state index in [1.165, 1.54) is 12.5 Å². The van der Waals surface area contributed by atoms with Gasteiger partial charge in [0, 0.05) is 18.3 Å². The average molecular weight is 426 g/mol. The van der Waals surface area contributed by atoms with Crippen molar-refractivity contribution < 1.29 is 34.2 Å². The van der Waals surface area contributed by atoms with Gasteiger partial charge in [-0.15, -0.1) is 0 Å². The van der Waals surface area contributed by atoms with Crippen LogP contribution < -0.4 is 21.7 Å². The molecule has 0 fully saturated rings. The number of nitrogens with two attached hydrogens (primary N) is 1. The Morgan fingerprint density at radius 1 is 1.13 bits per heavy atom. The molecule has 1 aromatic rings. The maximum atomic E-state index is 12.5. The molecule has 0 bridgehead atoms. The fourth-order valence-electron chi connectivity index (χ4n) is 2.41. The standard InChI is InChI=1S/C17H26N6O7/c1-8(2)14(17(29)30)23-12(24)6-20-16(28)11(3-9-5-19-7-21-9)22-15(27)10(18)4-13(25)26/h5,7-8,10-11,14H,3-4,6,18H2,1-2H3,(H,19,21)(H,20,28)(H,22,27)(H,23,24)(H,25,26)(H,29,30). The summed E-state index contributed by atoms with van der Waals surface area (Å²) in [5, 5.41) is 24.8. The Morgan fingerprint density at radius 2 is 1.80 bits per heavy atom. The van der Waals surface area contributed by atoms with Crippen LogP contribution in [0.15, 0.2) is 12.5 Å². The molecule has 0 saturated carbocycles. The van der Waals surface area contributed by atoms with E-state index in [-0.39, 0.29) is 12.3 Å². The van der Waals surface area contributed by atoms with E-state index in [0.29, 0.717) is 5.69 Å². The van der Waals surface area contributed by atoms with Gasteiger partial charge >= 0.3 is 11.9 Å². The van der Waals surface area contributed by atoms with Gasteiger partial charge in [-0.2, -0.15) is 0 Å². The molecular weight excluding hydrogens is 400 g/mol. The normalized spacial score (nSPS) is 13.7. The van der Waals surface area contributed by atoms with E-state index in [1.807, 2.05) is 0 Å². The Hall–Kier alpha value is -3.48. The highest BCUT2D eigenvalue weighted by Crippen LogP contribution is 2.02. The smallest absolute Gasteiger partial charge is 0.326 e. The van der Waals surface area contributed by atoms with Crippen molar-refractivity contribution in [2.45, 2.75) is 44.8 Å². The fraction of sp³-hybridized carbons (Fsp3) is 0.529. The average Bonchev–Trinajstić information content (AvgIpc) is 3.15. The highest BCUT2D eigenvalue weighted by Gasteiger charge is 2.27. The first-order chi connectivity index (χ1) is 14.0. The molecule has 3 amide bonds. The summed E-state index contributed by atoms with van der Waals surface area (Å²) in [4.78, 5) is 65.0. The first-order valence-electron chi connectivity index (χ1n) is 9.06. The number of rotatable bonds is 12. The van der Waals surface area contributed by atoms with Crippen LogP contribution in [0.1, 0.15) is 26.0 Å². The molecule has 0 spiro atoms. The van der Waals surface area contributed by atoms with Gasteiger partial charge in [0.1, 0.15) is 12.1 Å². The maximum absolute atomic E-state index is 12.5. The van der Waals surface area contributed by atoms with Crippen molar-refractivity contribution in [3.8, 4) is 0 Å². The zero-order chi connectivity index (χ0) is 22.8. The molecule has 3 unspecified atom stereocenters. The van der Waals surface area contributed by atoms with Gasteiger partial charge in [-0.05, 0) is 5.92 Å². The Morgan fingerprint density at radius 3 is 2.30 bits per heavy atom. The van der Waals surface area contributed by atoms with Gasteiger partial charge < -0.3 is 36.9 Å². The van der Waals surface area contributed by atoms with Gasteiger partial charge in [-0.1, -0.05) is 13.8 Å². The van der Waals surface area contributed by atoms with Crippen LogP contribution in [0.3, 0.4) is 0 Å². The van der Waals surface area contributed by atoms with E-state index in [1.54, 1.807) is 13.8 Å². The van der Waals surface area contributed by atoms with Crippen LogP contribution in [-0.2, 0) is 30.4 Å². The third-order valence-corrected chi connectivity index (χ3v) is 4.02. The molecule has 1 rings (SSSR count). The molecule has 8 N–H and O–H groups in total. The summed E-state index contributed by atoms with van der Waals surface area (Å²) < 4.78 is 0. The Bertz CT molecular complexity index is 765. The molecule has 1 heterocycles. The van der Waals surface area contributed by atoms with Crippen molar-refractivity contribution in [3.63, 3.8) is 0 Å². The quantitative estimate of drug-likeness (QED) is 0.189. The number of nitrogens with one attached hydrogen (secondary N) is 4. The van der Waals surface area contributed by atoms with Crippen LogP contribution in [0.25, 0.3) is 0 Å². The van der Waals surface area contributed by atoms with Gasteiger partial charge in [0.25, 0.3) is 0 Å². The minimum absolute atomic E-state index is 0.0251. The molecule has 166 valence electrons. The first kappa shape index (κ1) is 24.6. The number of carbonyl (C=O) groups is 5. The van der Waals surface area contributed by atoms with Gasteiger partial charge in [0.05, 0.1) is 25.3 Å². The van der Waals surface area contributed by atoms with Crippen molar-refractivity contribution in [2.75, 3.05) is 6.54 Å². The number of H-pyrrole nitrogens is 1. The van der Waals surface area contributed by atoms with Crippen LogP contribution in [-0.4, -0.2) is 74.5 Å². The number of carboxylic acids is 2. The number of hydrogen-bond acceptors (Lipinski definition) is 7.